The normalized spacial score (nSPS) is 13.8. The van der Waals surface area contributed by atoms with Crippen molar-refractivity contribution in [2.75, 3.05) is 13.7 Å². The van der Waals surface area contributed by atoms with Gasteiger partial charge in [-0.25, -0.2) is 0 Å². The van der Waals surface area contributed by atoms with Crippen LogP contribution in [0.3, 0.4) is 0 Å². The van der Waals surface area contributed by atoms with Gasteiger partial charge in [-0.05, 0) is 29.5 Å². The van der Waals surface area contributed by atoms with Crippen LogP contribution in [0.5, 0.6) is 0 Å². The fourth-order valence-corrected chi connectivity index (χ4v) is 4.42. The lowest BCUT2D eigenvalue weighted by atomic mass is 10.0. The molecule has 3 aromatic rings. The fourth-order valence-electron chi connectivity index (χ4n) is 4.42. The maximum absolute atomic E-state index is 12.6. The number of ether oxygens (including phenoxy) is 1. The van der Waals surface area contributed by atoms with E-state index in [-0.39, 0.29) is 12.0 Å². The summed E-state index contributed by atoms with van der Waals surface area (Å²) in [7, 11) is 1.42. The summed E-state index contributed by atoms with van der Waals surface area (Å²) < 4.78 is 5.10. The Morgan fingerprint density at radius 2 is 1.34 bits per heavy atom. The van der Waals surface area contributed by atoms with Gasteiger partial charge in [0.15, 0.2) is 0 Å². The Morgan fingerprint density at radius 3 is 1.80 bits per heavy atom. The molecule has 0 spiro atoms. The number of nitrogens with one attached hydrogen (secondary N) is 1. The molecule has 0 amide bonds. The van der Waals surface area contributed by atoms with Crippen molar-refractivity contribution in [3.05, 3.63) is 108 Å². The highest BCUT2D eigenvalue weighted by atomic mass is 16.5. The predicted molar refractivity (Wildman–Crippen MR) is 141 cm³/mol. The zero-order chi connectivity index (χ0) is 24.9. The van der Waals surface area contributed by atoms with Crippen molar-refractivity contribution in [3.8, 4) is 0 Å². The number of aliphatic hydroxyl groups is 1. The van der Waals surface area contributed by atoms with Crippen molar-refractivity contribution in [1.29, 1.82) is 0 Å². The summed E-state index contributed by atoms with van der Waals surface area (Å²) in [5, 5.41) is 14.7. The molecule has 186 valence electrons. The standard InChI is InChI=1S/C30H38N2O3/c1-3-13-29(33)28(21-31-27(30(34)35-2)20-24-14-7-4-8-15-24)32(22-25-16-9-5-10-17-25)23-26-18-11-6-12-19-26/h4-12,14-19,27-29,31,33H,3,13,20-23H2,1-2H3/t27-,28+,29-/m0/s1. The van der Waals surface area contributed by atoms with Gasteiger partial charge >= 0.3 is 5.97 Å². The molecular formula is C30H38N2O3. The molecular weight excluding hydrogens is 436 g/mol. The number of rotatable bonds is 14. The Morgan fingerprint density at radius 1 is 0.857 bits per heavy atom. The van der Waals surface area contributed by atoms with Crippen LogP contribution in [0.25, 0.3) is 0 Å². The van der Waals surface area contributed by atoms with Crippen LogP contribution >= 0.6 is 0 Å². The van der Waals surface area contributed by atoms with E-state index < -0.39 is 12.1 Å². The van der Waals surface area contributed by atoms with E-state index in [9.17, 15) is 9.90 Å². The van der Waals surface area contributed by atoms with Crippen LogP contribution in [0.4, 0.5) is 0 Å². The Hall–Kier alpha value is -2.99. The monoisotopic (exact) mass is 474 g/mol. The van der Waals surface area contributed by atoms with Crippen molar-refractivity contribution in [2.45, 2.75) is 57.5 Å². The first kappa shape index (κ1) is 26.6. The molecule has 5 nitrogen and oxygen atoms in total. The molecule has 0 aliphatic heterocycles. The van der Waals surface area contributed by atoms with E-state index in [0.717, 1.165) is 12.0 Å². The van der Waals surface area contributed by atoms with Crippen LogP contribution in [0.15, 0.2) is 91.0 Å². The second kappa shape index (κ2) is 14.4. The zero-order valence-electron chi connectivity index (χ0n) is 20.8. The quantitative estimate of drug-likeness (QED) is 0.335. The summed E-state index contributed by atoms with van der Waals surface area (Å²) >= 11 is 0. The van der Waals surface area contributed by atoms with Crippen LogP contribution < -0.4 is 5.32 Å². The SMILES string of the molecule is CCC[C@H](O)[C@@H](CN[C@@H](Cc1ccccc1)C(=O)OC)N(Cc1ccccc1)Cc1ccccc1. The Labute approximate surface area is 209 Å². The first-order valence-electron chi connectivity index (χ1n) is 12.5. The highest BCUT2D eigenvalue weighted by Crippen LogP contribution is 2.18. The first-order valence-corrected chi connectivity index (χ1v) is 12.5. The van der Waals surface area contributed by atoms with Crippen molar-refractivity contribution in [2.24, 2.45) is 0 Å². The van der Waals surface area contributed by atoms with Crippen LogP contribution in [0, 0.1) is 0 Å². The van der Waals surface area contributed by atoms with Crippen molar-refractivity contribution >= 4 is 5.97 Å². The molecule has 35 heavy (non-hydrogen) atoms. The van der Waals surface area contributed by atoms with Gasteiger partial charge in [0, 0.05) is 25.7 Å². The number of carbonyl (C=O) groups excluding carboxylic acids is 1. The number of esters is 1. The van der Waals surface area contributed by atoms with Crippen molar-refractivity contribution in [1.82, 2.24) is 10.2 Å². The van der Waals surface area contributed by atoms with Gasteiger partial charge in [0.1, 0.15) is 6.04 Å². The van der Waals surface area contributed by atoms with E-state index in [4.69, 9.17) is 4.74 Å². The second-order valence-electron chi connectivity index (χ2n) is 8.97. The molecule has 0 heterocycles. The van der Waals surface area contributed by atoms with Crippen LogP contribution in [-0.4, -0.2) is 47.8 Å². The average molecular weight is 475 g/mol. The zero-order valence-corrected chi connectivity index (χ0v) is 20.8. The molecule has 0 aliphatic carbocycles. The fraction of sp³-hybridized carbons (Fsp3) is 0.367. The third-order valence-corrected chi connectivity index (χ3v) is 6.30. The second-order valence-corrected chi connectivity index (χ2v) is 8.97. The summed E-state index contributed by atoms with van der Waals surface area (Å²) in [4.78, 5) is 14.9. The minimum Gasteiger partial charge on any atom is -0.468 e. The molecule has 3 rings (SSSR count). The van der Waals surface area contributed by atoms with Gasteiger partial charge in [0.25, 0.3) is 0 Å². The van der Waals surface area contributed by atoms with Gasteiger partial charge in [-0.2, -0.15) is 0 Å². The lowest BCUT2D eigenvalue weighted by molar-refractivity contribution is -0.143. The van der Waals surface area contributed by atoms with Crippen molar-refractivity contribution < 1.29 is 14.6 Å². The topological polar surface area (TPSA) is 61.8 Å². The predicted octanol–water partition coefficient (Wildman–Crippen LogP) is 4.59. The molecule has 0 saturated carbocycles. The number of benzene rings is 3. The number of hydrogen-bond acceptors (Lipinski definition) is 5. The largest absolute Gasteiger partial charge is 0.468 e. The minimum absolute atomic E-state index is 0.182. The maximum atomic E-state index is 12.6. The highest BCUT2D eigenvalue weighted by Gasteiger charge is 2.29. The Bertz CT molecular complexity index is 941. The molecule has 0 aliphatic rings. The summed E-state index contributed by atoms with van der Waals surface area (Å²) in [6, 6.07) is 29.9. The number of nitrogens with zero attached hydrogens (tertiary/aromatic N) is 1. The van der Waals surface area contributed by atoms with E-state index in [1.54, 1.807) is 0 Å². The molecule has 2 N–H and O–H groups in total. The van der Waals surface area contributed by atoms with Gasteiger partial charge in [-0.1, -0.05) is 104 Å². The van der Waals surface area contributed by atoms with Gasteiger partial charge in [0.05, 0.1) is 13.2 Å². The molecule has 0 bridgehead atoms. The van der Waals surface area contributed by atoms with Gasteiger partial charge in [-0.3, -0.25) is 9.69 Å². The molecule has 0 fully saturated rings. The summed E-state index contributed by atoms with van der Waals surface area (Å²) in [5.74, 6) is -0.296. The van der Waals surface area contributed by atoms with Crippen LogP contribution in [0.1, 0.15) is 36.5 Å². The number of carbonyl (C=O) groups is 1. The molecule has 0 radical (unpaired) electrons. The van der Waals surface area contributed by atoms with Gasteiger partial charge in [-0.15, -0.1) is 0 Å². The lowest BCUT2D eigenvalue weighted by Crippen LogP contribution is -2.52. The van der Waals surface area contributed by atoms with Gasteiger partial charge in [0.2, 0.25) is 0 Å². The van der Waals surface area contributed by atoms with Crippen molar-refractivity contribution in [3.63, 3.8) is 0 Å². The molecule has 0 aromatic heterocycles. The van der Waals surface area contributed by atoms with Crippen LogP contribution in [-0.2, 0) is 29.0 Å². The lowest BCUT2D eigenvalue weighted by Gasteiger charge is -2.36. The first-order chi connectivity index (χ1) is 17.1. The number of hydrogen-bond donors (Lipinski definition) is 2. The summed E-state index contributed by atoms with van der Waals surface area (Å²) in [5.41, 5.74) is 3.43. The van der Waals surface area contributed by atoms with Crippen LogP contribution in [0.2, 0.25) is 0 Å². The van der Waals surface area contributed by atoms with E-state index in [0.29, 0.717) is 32.5 Å². The molecule has 5 heteroatoms. The maximum Gasteiger partial charge on any atom is 0.323 e. The third kappa shape index (κ3) is 8.62. The Balaban J connectivity index is 1.83. The summed E-state index contributed by atoms with van der Waals surface area (Å²) in [6.07, 6.45) is 1.57. The Kier molecular flexibility index (Phi) is 11.0. The minimum atomic E-state index is -0.532. The highest BCUT2D eigenvalue weighted by molar-refractivity contribution is 5.76. The third-order valence-electron chi connectivity index (χ3n) is 6.30. The van der Waals surface area contributed by atoms with E-state index in [2.05, 4.69) is 41.4 Å². The molecule has 3 aromatic carbocycles. The number of aliphatic hydroxyl groups excluding tert-OH is 1. The molecule has 3 atom stereocenters. The molecule has 0 unspecified atom stereocenters. The van der Waals surface area contributed by atoms with E-state index >= 15 is 0 Å². The number of methoxy groups -OCH3 is 1. The molecule has 0 saturated heterocycles. The van der Waals surface area contributed by atoms with E-state index in [1.165, 1.54) is 18.2 Å². The average Bonchev–Trinajstić information content (AvgIpc) is 2.89. The van der Waals surface area contributed by atoms with Gasteiger partial charge < -0.3 is 15.2 Å². The smallest absolute Gasteiger partial charge is 0.323 e. The summed E-state index contributed by atoms with van der Waals surface area (Å²) in [6.45, 7) is 3.95. The van der Waals surface area contributed by atoms with E-state index in [1.807, 2.05) is 66.7 Å².